The Hall–Kier alpha value is -1.89. The average Bonchev–Trinajstić information content (AvgIpc) is 3.24. The molecule has 1 amide bonds. The second-order valence-corrected chi connectivity index (χ2v) is 7.66. The van der Waals surface area contributed by atoms with Gasteiger partial charge >= 0.3 is 5.97 Å². The summed E-state index contributed by atoms with van der Waals surface area (Å²) in [7, 11) is 0. The van der Waals surface area contributed by atoms with Crippen molar-refractivity contribution in [3.8, 4) is 0 Å². The van der Waals surface area contributed by atoms with Crippen LogP contribution in [0.15, 0.2) is 0 Å². The van der Waals surface area contributed by atoms with Crippen molar-refractivity contribution < 1.29 is 14.7 Å². The maximum absolute atomic E-state index is 12.8. The van der Waals surface area contributed by atoms with Crippen LogP contribution in [0, 0.1) is 25.7 Å². The smallest absolute Gasteiger partial charge is 0.307 e. The molecule has 2 aliphatic heterocycles. The van der Waals surface area contributed by atoms with Gasteiger partial charge < -0.3 is 10.0 Å². The Balaban J connectivity index is 1.76. The molecule has 26 heavy (non-hydrogen) atoms. The quantitative estimate of drug-likeness (QED) is 0.862. The molecule has 3 heterocycles. The fourth-order valence-corrected chi connectivity index (χ4v) is 4.37. The monoisotopic (exact) mass is 362 g/mol. The summed E-state index contributed by atoms with van der Waals surface area (Å²) in [6, 6.07) is 0. The van der Waals surface area contributed by atoms with Gasteiger partial charge in [-0.2, -0.15) is 5.10 Å². The predicted molar refractivity (Wildman–Crippen MR) is 97.7 cm³/mol. The first-order valence-electron chi connectivity index (χ1n) is 9.67. The number of rotatable bonds is 5. The molecule has 7 heteroatoms. The normalized spacial score (nSPS) is 24.2. The highest BCUT2D eigenvalue weighted by molar-refractivity contribution is 5.81. The van der Waals surface area contributed by atoms with Crippen LogP contribution in [0.25, 0.3) is 0 Å². The Morgan fingerprint density at radius 2 is 1.81 bits per heavy atom. The van der Waals surface area contributed by atoms with E-state index in [1.807, 2.05) is 16.5 Å². The number of hydrogen-bond acceptors (Lipinski definition) is 4. The molecule has 1 aromatic heterocycles. The number of aromatic nitrogens is 2. The Labute approximate surface area is 155 Å². The molecule has 0 bridgehead atoms. The number of carbonyl (C=O) groups is 2. The summed E-state index contributed by atoms with van der Waals surface area (Å²) in [5.41, 5.74) is 3.28. The molecule has 3 rings (SSSR count). The average molecular weight is 362 g/mol. The zero-order valence-corrected chi connectivity index (χ0v) is 16.1. The van der Waals surface area contributed by atoms with E-state index in [2.05, 4.69) is 23.8 Å². The van der Waals surface area contributed by atoms with Crippen LogP contribution in [-0.2, 0) is 22.7 Å². The van der Waals surface area contributed by atoms with Gasteiger partial charge in [0.05, 0.1) is 17.5 Å². The van der Waals surface area contributed by atoms with Gasteiger partial charge in [0.2, 0.25) is 5.91 Å². The molecule has 2 fully saturated rings. The Morgan fingerprint density at radius 3 is 2.38 bits per heavy atom. The van der Waals surface area contributed by atoms with Crippen molar-refractivity contribution >= 4 is 11.9 Å². The van der Waals surface area contributed by atoms with Crippen LogP contribution in [0.2, 0.25) is 0 Å². The van der Waals surface area contributed by atoms with Gasteiger partial charge in [0, 0.05) is 50.5 Å². The van der Waals surface area contributed by atoms with Gasteiger partial charge in [-0.3, -0.25) is 19.2 Å². The summed E-state index contributed by atoms with van der Waals surface area (Å²) >= 11 is 0. The van der Waals surface area contributed by atoms with Crippen LogP contribution in [0.1, 0.15) is 43.1 Å². The zero-order valence-electron chi connectivity index (χ0n) is 16.1. The number of piperidine rings is 1. The number of likely N-dealkylation sites (tertiary alicyclic amines) is 2. The minimum absolute atomic E-state index is 0.135. The van der Waals surface area contributed by atoms with Crippen LogP contribution >= 0.6 is 0 Å². The van der Waals surface area contributed by atoms with Crippen LogP contribution < -0.4 is 0 Å². The second-order valence-electron chi connectivity index (χ2n) is 7.66. The van der Waals surface area contributed by atoms with Gasteiger partial charge in [-0.15, -0.1) is 0 Å². The van der Waals surface area contributed by atoms with E-state index in [1.165, 1.54) is 0 Å². The highest BCUT2D eigenvalue weighted by Gasteiger charge is 2.37. The fourth-order valence-electron chi connectivity index (χ4n) is 4.37. The van der Waals surface area contributed by atoms with E-state index in [1.54, 1.807) is 0 Å². The van der Waals surface area contributed by atoms with Gasteiger partial charge in [-0.1, -0.05) is 0 Å². The molecule has 7 nitrogen and oxygen atoms in total. The number of carboxylic acids is 1. The summed E-state index contributed by atoms with van der Waals surface area (Å²) in [5.74, 6) is -1.37. The van der Waals surface area contributed by atoms with E-state index in [0.717, 1.165) is 49.4 Å². The highest BCUT2D eigenvalue weighted by atomic mass is 16.4. The van der Waals surface area contributed by atoms with E-state index in [0.29, 0.717) is 26.1 Å². The van der Waals surface area contributed by atoms with Crippen LogP contribution in [0.4, 0.5) is 0 Å². The molecule has 1 N–H and O–H groups in total. The zero-order chi connectivity index (χ0) is 18.8. The number of aryl methyl sites for hydroxylation is 2. The number of carboxylic acid groups (broad SMARTS) is 1. The lowest BCUT2D eigenvalue weighted by molar-refractivity contribution is -0.147. The minimum Gasteiger partial charge on any atom is -0.481 e. The number of hydrogen-bond donors (Lipinski definition) is 1. The van der Waals surface area contributed by atoms with Gasteiger partial charge in [-0.25, -0.2) is 0 Å². The van der Waals surface area contributed by atoms with Crippen molar-refractivity contribution in [2.75, 3.05) is 26.2 Å². The molecule has 0 unspecified atom stereocenters. The molecule has 0 aliphatic carbocycles. The first-order chi connectivity index (χ1) is 12.4. The van der Waals surface area contributed by atoms with Gasteiger partial charge in [0.25, 0.3) is 0 Å². The second kappa shape index (κ2) is 7.78. The minimum atomic E-state index is -0.799. The van der Waals surface area contributed by atoms with E-state index in [-0.39, 0.29) is 11.8 Å². The predicted octanol–water partition coefficient (Wildman–Crippen LogP) is 1.66. The van der Waals surface area contributed by atoms with Crippen molar-refractivity contribution in [2.24, 2.45) is 11.8 Å². The Kier molecular flexibility index (Phi) is 5.65. The number of carbonyl (C=O) groups excluding carboxylic acids is 1. The Bertz CT molecular complexity index is 679. The van der Waals surface area contributed by atoms with E-state index >= 15 is 0 Å². The molecule has 1 aromatic rings. The van der Waals surface area contributed by atoms with Crippen molar-refractivity contribution in [3.05, 3.63) is 17.0 Å². The van der Waals surface area contributed by atoms with Crippen LogP contribution in [0.5, 0.6) is 0 Å². The SMILES string of the molecule is CCn1nc(C)c(CN2C[C@@H](C(=O)O)C[C@@H](C(=O)N3CCCC3)C2)c1C. The molecule has 0 saturated carbocycles. The molecule has 0 aromatic carbocycles. The summed E-state index contributed by atoms with van der Waals surface area (Å²) < 4.78 is 1.98. The van der Waals surface area contributed by atoms with E-state index in [9.17, 15) is 14.7 Å². The number of nitrogens with zero attached hydrogens (tertiary/aromatic N) is 4. The molecule has 2 atom stereocenters. The van der Waals surface area contributed by atoms with Gasteiger partial charge in [0.1, 0.15) is 0 Å². The number of aliphatic carboxylic acids is 1. The largest absolute Gasteiger partial charge is 0.481 e. The maximum atomic E-state index is 12.8. The first kappa shape index (κ1) is 18.9. The molecular formula is C19H30N4O3. The van der Waals surface area contributed by atoms with Gasteiger partial charge in [0.15, 0.2) is 0 Å². The third-order valence-corrected chi connectivity index (χ3v) is 5.86. The van der Waals surface area contributed by atoms with Crippen molar-refractivity contribution in [3.63, 3.8) is 0 Å². The summed E-state index contributed by atoms with van der Waals surface area (Å²) in [6.07, 6.45) is 2.56. The molecule has 2 saturated heterocycles. The standard InChI is InChI=1S/C19H30N4O3/c1-4-23-14(3)17(13(2)20-23)12-21-10-15(9-16(11-21)19(25)26)18(24)22-7-5-6-8-22/h15-16H,4-12H2,1-3H3,(H,25,26)/t15-,16+/m1/s1. The third-order valence-electron chi connectivity index (χ3n) is 5.86. The van der Waals surface area contributed by atoms with Crippen molar-refractivity contribution in [1.82, 2.24) is 19.6 Å². The first-order valence-corrected chi connectivity index (χ1v) is 9.67. The van der Waals surface area contributed by atoms with E-state index in [4.69, 9.17) is 0 Å². The van der Waals surface area contributed by atoms with Crippen LogP contribution in [0.3, 0.4) is 0 Å². The molecule has 0 radical (unpaired) electrons. The van der Waals surface area contributed by atoms with Crippen LogP contribution in [-0.4, -0.2) is 62.7 Å². The lowest BCUT2D eigenvalue weighted by Crippen LogP contribution is -2.48. The summed E-state index contributed by atoms with van der Waals surface area (Å²) in [5, 5.41) is 14.1. The highest BCUT2D eigenvalue weighted by Crippen LogP contribution is 2.27. The molecule has 0 spiro atoms. The van der Waals surface area contributed by atoms with Crippen molar-refractivity contribution in [2.45, 2.75) is 53.1 Å². The lowest BCUT2D eigenvalue weighted by Gasteiger charge is -2.37. The topological polar surface area (TPSA) is 78.7 Å². The fraction of sp³-hybridized carbons (Fsp3) is 0.737. The molecule has 2 aliphatic rings. The van der Waals surface area contributed by atoms with E-state index < -0.39 is 11.9 Å². The molecule has 144 valence electrons. The lowest BCUT2D eigenvalue weighted by atomic mass is 9.88. The van der Waals surface area contributed by atoms with Crippen molar-refractivity contribution in [1.29, 1.82) is 0 Å². The molecular weight excluding hydrogens is 332 g/mol. The summed E-state index contributed by atoms with van der Waals surface area (Å²) in [4.78, 5) is 28.6. The van der Waals surface area contributed by atoms with Gasteiger partial charge in [-0.05, 0) is 40.0 Å². The Morgan fingerprint density at radius 1 is 1.15 bits per heavy atom. The summed E-state index contributed by atoms with van der Waals surface area (Å²) in [6.45, 7) is 10.4. The third kappa shape index (κ3) is 3.77. The number of amides is 1. The maximum Gasteiger partial charge on any atom is 0.307 e.